The monoisotopic (exact) mass is 184 g/mol. The molecule has 0 aromatic rings. The summed E-state index contributed by atoms with van der Waals surface area (Å²) in [5.41, 5.74) is 0. The van der Waals surface area contributed by atoms with Crippen molar-refractivity contribution in [2.75, 3.05) is 0 Å². The summed E-state index contributed by atoms with van der Waals surface area (Å²) in [6, 6.07) is 0. The second-order valence-electron chi connectivity index (χ2n) is 4.73. The van der Waals surface area contributed by atoms with E-state index in [1.165, 1.54) is 0 Å². The first-order valence-corrected chi connectivity index (χ1v) is 6.08. The molecule has 0 heterocycles. The van der Waals surface area contributed by atoms with Gasteiger partial charge in [-0.05, 0) is 6.68 Å². The normalized spacial score (nSPS) is 24.3. The minimum absolute atomic E-state index is 0.569. The van der Waals surface area contributed by atoms with Crippen LogP contribution in [0.5, 0.6) is 0 Å². The number of rotatable bonds is 6. The van der Waals surface area contributed by atoms with E-state index in [0.717, 1.165) is 19.3 Å². The van der Waals surface area contributed by atoms with Crippen molar-refractivity contribution >= 4 is 6.68 Å². The largest absolute Gasteiger partial charge is 0.221 e. The van der Waals surface area contributed by atoms with Crippen LogP contribution in [0.1, 0.15) is 60.8 Å². The molecule has 0 saturated heterocycles. The van der Waals surface area contributed by atoms with E-state index in [1.54, 1.807) is 0 Å². The lowest BCUT2D eigenvalue weighted by Crippen LogP contribution is -2.28. The van der Waals surface area contributed by atoms with Crippen molar-refractivity contribution in [1.29, 1.82) is 1.34 Å². The first-order chi connectivity index (χ1) is 6.44. The maximum atomic E-state index is 8.80. The summed E-state index contributed by atoms with van der Waals surface area (Å²) in [6.07, 6.45) is 3.45. The van der Waals surface area contributed by atoms with Crippen molar-refractivity contribution in [1.82, 2.24) is 0 Å². The zero-order valence-electron chi connectivity index (χ0n) is 11.4. The highest BCUT2D eigenvalue weighted by Crippen LogP contribution is 2.35. The Kier molecular flexibility index (Phi) is 5.58. The van der Waals surface area contributed by atoms with Crippen molar-refractivity contribution in [3.63, 3.8) is 0 Å². The third-order valence-electron chi connectivity index (χ3n) is 3.90. The Hall–Kier alpha value is 0.0649. The van der Waals surface area contributed by atoms with Gasteiger partial charge in [0.15, 0.2) is 0 Å². The van der Waals surface area contributed by atoms with Gasteiger partial charge in [-0.3, -0.25) is 0 Å². The van der Waals surface area contributed by atoms with Gasteiger partial charge in [0.05, 0.1) is 0 Å². The Morgan fingerprint density at radius 1 is 0.846 bits per heavy atom. The maximum Gasteiger partial charge on any atom is -0.00764 e. The molecular formula is C12H28B-. The Labute approximate surface area is 86.9 Å². The van der Waals surface area contributed by atoms with Crippen LogP contribution in [0.2, 0.25) is 17.5 Å². The van der Waals surface area contributed by atoms with Gasteiger partial charge in [0.25, 0.3) is 0 Å². The summed E-state index contributed by atoms with van der Waals surface area (Å²) in [6.45, 7) is 12.5. The summed E-state index contributed by atoms with van der Waals surface area (Å²) in [7, 11) is 0. The van der Waals surface area contributed by atoms with Gasteiger partial charge in [-0.1, -0.05) is 60.8 Å². The minimum atomic E-state index is -0.938. The summed E-state index contributed by atoms with van der Waals surface area (Å²) < 4.78 is 8.80. The molecular weight excluding hydrogens is 155 g/mol. The molecule has 0 radical (unpaired) electrons. The summed E-state index contributed by atoms with van der Waals surface area (Å²) in [5.74, 6) is 1.71. The lowest BCUT2D eigenvalue weighted by molar-refractivity contribution is 0.720. The highest BCUT2D eigenvalue weighted by molar-refractivity contribution is 6.63. The third kappa shape index (κ3) is 3.75. The van der Waals surface area contributed by atoms with Crippen molar-refractivity contribution < 1.29 is 0 Å². The van der Waals surface area contributed by atoms with Gasteiger partial charge in [-0.2, -0.15) is 17.5 Å². The molecule has 0 fully saturated rings. The Balaban J connectivity index is 4.83. The predicted molar refractivity (Wildman–Crippen MR) is 66.3 cm³/mol. The van der Waals surface area contributed by atoms with Crippen LogP contribution in [0, 0.1) is 0 Å². The maximum absolute atomic E-state index is 8.80. The molecule has 0 aromatic carbocycles. The van der Waals surface area contributed by atoms with Crippen LogP contribution in [0.3, 0.4) is 0 Å². The first-order valence-electron chi connectivity index (χ1n) is 6.66. The molecule has 0 aromatic heterocycles. The SMILES string of the molecule is [2H][B-](C(C)CC)(C(C)CC)C(C)CC. The Morgan fingerprint density at radius 2 is 1.08 bits per heavy atom. The minimum Gasteiger partial charge on any atom is -0.221 e. The Bertz CT molecular complexity index is 132. The predicted octanol–water partition coefficient (Wildman–Crippen LogP) is 4.61. The molecule has 0 nitrogen and oxygen atoms in total. The zero-order valence-corrected chi connectivity index (χ0v) is 10.4. The van der Waals surface area contributed by atoms with Crippen molar-refractivity contribution in [3.8, 4) is 0 Å². The molecule has 0 N–H and O–H groups in total. The van der Waals surface area contributed by atoms with Gasteiger partial charge in [0.1, 0.15) is 0 Å². The zero-order chi connectivity index (χ0) is 11.4. The molecule has 3 unspecified atom stereocenters. The summed E-state index contributed by atoms with van der Waals surface area (Å²) in [5, 5.41) is 0. The second kappa shape index (κ2) is 6.51. The van der Waals surface area contributed by atoms with E-state index in [4.69, 9.17) is 1.34 Å². The van der Waals surface area contributed by atoms with Crippen LogP contribution in [-0.4, -0.2) is 8.01 Å². The van der Waals surface area contributed by atoms with Crippen LogP contribution in [0.25, 0.3) is 0 Å². The molecule has 1 heteroatoms. The fourth-order valence-corrected chi connectivity index (χ4v) is 2.50. The lowest BCUT2D eigenvalue weighted by Gasteiger charge is -2.39. The molecule has 3 atom stereocenters. The second-order valence-corrected chi connectivity index (χ2v) is 4.73. The average Bonchev–Trinajstić information content (AvgIpc) is 2.24. The molecule has 0 amide bonds. The fraction of sp³-hybridized carbons (Fsp3) is 1.00. The molecule has 0 bridgehead atoms. The highest BCUT2D eigenvalue weighted by atomic mass is 14.1. The van der Waals surface area contributed by atoms with E-state index in [-0.39, 0.29) is 0 Å². The Morgan fingerprint density at radius 3 is 1.23 bits per heavy atom. The van der Waals surface area contributed by atoms with Gasteiger partial charge < -0.3 is 0 Å². The fourth-order valence-electron chi connectivity index (χ4n) is 2.50. The summed E-state index contributed by atoms with van der Waals surface area (Å²) >= 11 is 0. The van der Waals surface area contributed by atoms with Crippen LogP contribution < -0.4 is 0 Å². The number of hydrogen-bond donors (Lipinski definition) is 0. The van der Waals surface area contributed by atoms with E-state index in [9.17, 15) is 0 Å². The molecule has 13 heavy (non-hydrogen) atoms. The van der Waals surface area contributed by atoms with E-state index in [2.05, 4.69) is 41.5 Å². The van der Waals surface area contributed by atoms with E-state index in [1.807, 2.05) is 0 Å². The third-order valence-corrected chi connectivity index (χ3v) is 3.90. The molecule has 0 saturated carbocycles. The molecule has 80 valence electrons. The molecule has 0 aliphatic rings. The van der Waals surface area contributed by atoms with Crippen LogP contribution in [0.4, 0.5) is 0 Å². The average molecular weight is 184 g/mol. The van der Waals surface area contributed by atoms with Gasteiger partial charge in [0.2, 0.25) is 0 Å². The van der Waals surface area contributed by atoms with E-state index in [0.29, 0.717) is 17.5 Å². The molecule has 0 aliphatic carbocycles. The standard InChI is InChI=1S/C12H28B/c1-7-10(4)13(11(5)8-2)12(6)9-3/h10-13H,7-9H2,1-6H3/q-1/i13D. The van der Waals surface area contributed by atoms with E-state index < -0.39 is 6.68 Å². The van der Waals surface area contributed by atoms with Gasteiger partial charge in [-0.25, -0.2) is 1.34 Å². The van der Waals surface area contributed by atoms with Gasteiger partial charge in [0, 0.05) is 0 Å². The highest BCUT2D eigenvalue weighted by Gasteiger charge is 2.19. The number of hydrogen-bond acceptors (Lipinski definition) is 0. The van der Waals surface area contributed by atoms with Crippen LogP contribution in [-0.2, 0) is 0 Å². The van der Waals surface area contributed by atoms with Crippen LogP contribution in [0.15, 0.2) is 0 Å². The summed E-state index contributed by atoms with van der Waals surface area (Å²) in [4.78, 5) is 0. The van der Waals surface area contributed by atoms with Crippen LogP contribution >= 0.6 is 0 Å². The van der Waals surface area contributed by atoms with E-state index >= 15 is 0 Å². The van der Waals surface area contributed by atoms with Crippen molar-refractivity contribution in [2.24, 2.45) is 0 Å². The smallest absolute Gasteiger partial charge is 0.00764 e. The first kappa shape index (κ1) is 11.1. The molecule has 0 aliphatic heterocycles. The lowest BCUT2D eigenvalue weighted by atomic mass is 9.28. The molecule has 0 spiro atoms. The van der Waals surface area contributed by atoms with Gasteiger partial charge >= 0.3 is 0 Å². The van der Waals surface area contributed by atoms with Gasteiger partial charge in [-0.15, -0.1) is 0 Å². The molecule has 0 rings (SSSR count). The quantitative estimate of drug-likeness (QED) is 0.528. The van der Waals surface area contributed by atoms with Crippen molar-refractivity contribution in [2.45, 2.75) is 78.3 Å². The topological polar surface area (TPSA) is 0 Å². The van der Waals surface area contributed by atoms with Crippen molar-refractivity contribution in [3.05, 3.63) is 0 Å².